The Morgan fingerprint density at radius 2 is 2.43 bits per heavy atom. The lowest BCUT2D eigenvalue weighted by Gasteiger charge is -2.09. The van der Waals surface area contributed by atoms with Crippen molar-refractivity contribution in [3.63, 3.8) is 0 Å². The molecule has 14 heavy (non-hydrogen) atoms. The Labute approximate surface area is 89.5 Å². The second kappa shape index (κ2) is 4.94. The SMILES string of the molecule is N#Cc1cccn(CC(O)CBr)c1=O. The molecule has 0 saturated carbocycles. The highest BCUT2D eigenvalue weighted by molar-refractivity contribution is 9.09. The first-order valence-corrected chi connectivity index (χ1v) is 5.14. The van der Waals surface area contributed by atoms with Crippen LogP contribution in [0.4, 0.5) is 0 Å². The molecule has 1 rings (SSSR count). The first kappa shape index (κ1) is 11.0. The number of rotatable bonds is 3. The van der Waals surface area contributed by atoms with E-state index in [4.69, 9.17) is 5.26 Å². The van der Waals surface area contributed by atoms with Gasteiger partial charge in [0.05, 0.1) is 12.6 Å². The maximum atomic E-state index is 11.5. The van der Waals surface area contributed by atoms with Crippen molar-refractivity contribution in [2.75, 3.05) is 5.33 Å². The minimum absolute atomic E-state index is 0.0919. The molecule has 0 radical (unpaired) electrons. The number of aliphatic hydroxyl groups is 1. The molecule has 0 aromatic carbocycles. The second-order valence-electron chi connectivity index (χ2n) is 2.80. The third-order valence-electron chi connectivity index (χ3n) is 1.73. The standard InChI is InChI=1S/C9H9BrN2O2/c10-4-8(13)6-12-3-1-2-7(5-11)9(12)14/h1-3,8,13H,4,6H2. The van der Waals surface area contributed by atoms with Gasteiger partial charge in [0.2, 0.25) is 0 Å². The summed E-state index contributed by atoms with van der Waals surface area (Å²) in [5.41, 5.74) is -0.274. The van der Waals surface area contributed by atoms with E-state index in [0.29, 0.717) is 5.33 Å². The van der Waals surface area contributed by atoms with E-state index < -0.39 is 6.10 Å². The topological polar surface area (TPSA) is 66.0 Å². The van der Waals surface area contributed by atoms with Crippen molar-refractivity contribution in [2.24, 2.45) is 0 Å². The van der Waals surface area contributed by atoms with Crippen molar-refractivity contribution in [3.05, 3.63) is 34.2 Å². The molecular formula is C9H9BrN2O2. The third kappa shape index (κ3) is 2.44. The number of aliphatic hydroxyl groups excluding tert-OH is 1. The lowest BCUT2D eigenvalue weighted by molar-refractivity contribution is 0.178. The van der Waals surface area contributed by atoms with Gasteiger partial charge in [-0.2, -0.15) is 5.26 Å². The normalized spacial score (nSPS) is 12.1. The van der Waals surface area contributed by atoms with E-state index in [2.05, 4.69) is 15.9 Å². The van der Waals surface area contributed by atoms with Crippen LogP contribution >= 0.6 is 15.9 Å². The van der Waals surface area contributed by atoms with Crippen LogP contribution in [0.1, 0.15) is 5.56 Å². The Balaban J connectivity index is 3.00. The highest BCUT2D eigenvalue weighted by Crippen LogP contribution is 1.95. The summed E-state index contributed by atoms with van der Waals surface area (Å²) in [6.07, 6.45) is 0.927. The lowest BCUT2D eigenvalue weighted by atomic mass is 10.3. The van der Waals surface area contributed by atoms with Crippen LogP contribution in [0.5, 0.6) is 0 Å². The molecule has 1 aromatic heterocycles. The average molecular weight is 257 g/mol. The Bertz CT molecular complexity index is 408. The molecule has 0 amide bonds. The van der Waals surface area contributed by atoms with E-state index in [1.165, 1.54) is 10.6 Å². The van der Waals surface area contributed by atoms with Crippen LogP contribution in [0, 0.1) is 11.3 Å². The van der Waals surface area contributed by atoms with Crippen molar-refractivity contribution >= 4 is 15.9 Å². The van der Waals surface area contributed by atoms with Crippen molar-refractivity contribution < 1.29 is 5.11 Å². The molecule has 1 atom stereocenters. The van der Waals surface area contributed by atoms with Crippen molar-refractivity contribution in [1.82, 2.24) is 4.57 Å². The summed E-state index contributed by atoms with van der Waals surface area (Å²) < 4.78 is 1.32. The van der Waals surface area contributed by atoms with Gasteiger partial charge in [-0.05, 0) is 12.1 Å². The molecule has 4 nitrogen and oxygen atoms in total. The zero-order chi connectivity index (χ0) is 10.6. The van der Waals surface area contributed by atoms with Crippen LogP contribution in [0.15, 0.2) is 23.1 Å². The number of nitriles is 1. The van der Waals surface area contributed by atoms with Gasteiger partial charge in [-0.25, -0.2) is 0 Å². The Morgan fingerprint density at radius 1 is 1.71 bits per heavy atom. The molecule has 0 aliphatic carbocycles. The van der Waals surface area contributed by atoms with Gasteiger partial charge in [-0.15, -0.1) is 0 Å². The number of halogens is 1. The fourth-order valence-corrected chi connectivity index (χ4v) is 1.25. The van der Waals surface area contributed by atoms with Gasteiger partial charge in [-0.3, -0.25) is 4.79 Å². The third-order valence-corrected chi connectivity index (χ3v) is 2.47. The van der Waals surface area contributed by atoms with Crippen molar-refractivity contribution in [3.8, 4) is 6.07 Å². The van der Waals surface area contributed by atoms with Gasteiger partial charge in [-0.1, -0.05) is 15.9 Å². The second-order valence-corrected chi connectivity index (χ2v) is 3.45. The minimum Gasteiger partial charge on any atom is -0.390 e. The molecule has 0 saturated heterocycles. The smallest absolute Gasteiger partial charge is 0.268 e. The van der Waals surface area contributed by atoms with Gasteiger partial charge in [0.25, 0.3) is 5.56 Å². The Morgan fingerprint density at radius 3 is 3.00 bits per heavy atom. The molecule has 0 aliphatic rings. The summed E-state index contributed by atoms with van der Waals surface area (Å²) in [4.78, 5) is 11.5. The monoisotopic (exact) mass is 256 g/mol. The number of nitrogens with zero attached hydrogens (tertiary/aromatic N) is 2. The molecule has 1 N–H and O–H groups in total. The van der Waals surface area contributed by atoms with Crippen LogP contribution in [-0.2, 0) is 6.54 Å². The summed E-state index contributed by atoms with van der Waals surface area (Å²) in [6, 6.07) is 4.87. The molecule has 0 bridgehead atoms. The Kier molecular flexibility index (Phi) is 3.86. The number of pyridine rings is 1. The van der Waals surface area contributed by atoms with Crippen LogP contribution in [0.2, 0.25) is 0 Å². The molecule has 0 fully saturated rings. The van der Waals surface area contributed by atoms with Gasteiger partial charge < -0.3 is 9.67 Å². The van der Waals surface area contributed by atoms with E-state index in [9.17, 15) is 9.90 Å². The van der Waals surface area contributed by atoms with E-state index in [1.54, 1.807) is 18.3 Å². The molecular weight excluding hydrogens is 248 g/mol. The predicted octanol–water partition coefficient (Wildman–Crippen LogP) is 0.476. The average Bonchev–Trinajstić information content (AvgIpc) is 2.21. The zero-order valence-corrected chi connectivity index (χ0v) is 8.94. The molecule has 1 heterocycles. The van der Waals surface area contributed by atoms with Crippen LogP contribution in [0.3, 0.4) is 0 Å². The largest absolute Gasteiger partial charge is 0.390 e. The fourth-order valence-electron chi connectivity index (χ4n) is 1.04. The van der Waals surface area contributed by atoms with Gasteiger partial charge in [0.15, 0.2) is 0 Å². The fraction of sp³-hybridized carbons (Fsp3) is 0.333. The molecule has 1 unspecified atom stereocenters. The van der Waals surface area contributed by atoms with E-state index in [-0.39, 0.29) is 17.7 Å². The molecule has 74 valence electrons. The first-order valence-electron chi connectivity index (χ1n) is 4.02. The van der Waals surface area contributed by atoms with Crippen LogP contribution in [0.25, 0.3) is 0 Å². The summed E-state index contributed by atoms with van der Waals surface area (Å²) >= 11 is 3.10. The maximum absolute atomic E-state index is 11.5. The van der Waals surface area contributed by atoms with Gasteiger partial charge >= 0.3 is 0 Å². The molecule has 5 heteroatoms. The first-order chi connectivity index (χ1) is 6.69. The van der Waals surface area contributed by atoms with Gasteiger partial charge in [0, 0.05) is 11.5 Å². The highest BCUT2D eigenvalue weighted by atomic mass is 79.9. The summed E-state index contributed by atoms with van der Waals surface area (Å²) in [7, 11) is 0. The van der Waals surface area contributed by atoms with Crippen LogP contribution < -0.4 is 5.56 Å². The van der Waals surface area contributed by atoms with E-state index in [1.807, 2.05) is 0 Å². The number of alkyl halides is 1. The van der Waals surface area contributed by atoms with Crippen LogP contribution in [-0.4, -0.2) is 21.1 Å². The number of hydrogen-bond donors (Lipinski definition) is 1. The zero-order valence-electron chi connectivity index (χ0n) is 7.35. The summed E-state index contributed by atoms with van der Waals surface area (Å²) in [5.74, 6) is 0. The molecule has 1 aromatic rings. The van der Waals surface area contributed by atoms with Gasteiger partial charge in [0.1, 0.15) is 11.6 Å². The van der Waals surface area contributed by atoms with Crippen molar-refractivity contribution in [1.29, 1.82) is 5.26 Å². The van der Waals surface area contributed by atoms with E-state index >= 15 is 0 Å². The predicted molar refractivity (Wildman–Crippen MR) is 55.2 cm³/mol. The molecule has 0 aliphatic heterocycles. The number of hydrogen-bond acceptors (Lipinski definition) is 3. The molecule has 0 spiro atoms. The lowest BCUT2D eigenvalue weighted by Crippen LogP contribution is -2.28. The number of aromatic nitrogens is 1. The quantitative estimate of drug-likeness (QED) is 0.801. The van der Waals surface area contributed by atoms with Crippen molar-refractivity contribution in [2.45, 2.75) is 12.6 Å². The summed E-state index contributed by atoms with van der Waals surface area (Å²) in [5, 5.41) is 18.3. The highest BCUT2D eigenvalue weighted by Gasteiger charge is 2.06. The maximum Gasteiger partial charge on any atom is 0.268 e. The van der Waals surface area contributed by atoms with E-state index in [0.717, 1.165) is 0 Å². The Hall–Kier alpha value is -1.12. The minimum atomic E-state index is -0.623. The summed E-state index contributed by atoms with van der Waals surface area (Å²) in [6.45, 7) is 0.194.